The van der Waals surface area contributed by atoms with E-state index in [0.29, 0.717) is 0 Å². The van der Waals surface area contributed by atoms with Crippen molar-refractivity contribution in [1.82, 2.24) is 0 Å². The molecule has 4 N–H and O–H groups in total. The van der Waals surface area contributed by atoms with Gasteiger partial charge in [-0.25, -0.2) is 14.4 Å². The summed E-state index contributed by atoms with van der Waals surface area (Å²) in [4.78, 5) is 32.9. The van der Waals surface area contributed by atoms with Gasteiger partial charge in [0.1, 0.15) is 11.3 Å². The summed E-state index contributed by atoms with van der Waals surface area (Å²) in [7, 11) is 0. The molecule has 0 bridgehead atoms. The van der Waals surface area contributed by atoms with E-state index in [1.807, 2.05) is 0 Å². The third kappa shape index (κ3) is 3.87. The van der Waals surface area contributed by atoms with E-state index in [1.165, 1.54) is 13.0 Å². The van der Waals surface area contributed by atoms with Crippen molar-refractivity contribution in [3.05, 3.63) is 23.8 Å². The van der Waals surface area contributed by atoms with Gasteiger partial charge in [0.05, 0.1) is 0 Å². The lowest BCUT2D eigenvalue weighted by Gasteiger charge is -2.12. The van der Waals surface area contributed by atoms with Gasteiger partial charge in [-0.2, -0.15) is 0 Å². The van der Waals surface area contributed by atoms with E-state index < -0.39 is 35.4 Å². The van der Waals surface area contributed by atoms with Crippen LogP contribution in [0.1, 0.15) is 23.7 Å². The molecule has 8 nitrogen and oxygen atoms in total. The van der Waals surface area contributed by atoms with Crippen molar-refractivity contribution in [2.45, 2.75) is 19.4 Å². The highest BCUT2D eigenvalue weighted by atomic mass is 16.6. The van der Waals surface area contributed by atoms with Crippen LogP contribution in [-0.2, 0) is 9.53 Å². The molecule has 1 rings (SSSR count). The quantitative estimate of drug-likeness (QED) is 0.601. The van der Waals surface area contributed by atoms with Gasteiger partial charge in [-0.05, 0) is 24.6 Å². The van der Waals surface area contributed by atoms with Gasteiger partial charge in [-0.1, -0.05) is 6.92 Å². The Bertz CT molecular complexity index is 541. The molecule has 0 saturated carbocycles. The van der Waals surface area contributed by atoms with E-state index in [0.717, 1.165) is 12.1 Å². The molecular formula is C12H13NO7. The number of carboxylic acids is 2. The van der Waals surface area contributed by atoms with Crippen LogP contribution >= 0.6 is 0 Å². The summed E-state index contributed by atoms with van der Waals surface area (Å²) in [6.45, 7) is 1.54. The number of carbonyl (C=O) groups excluding carboxylic acids is 1. The second kappa shape index (κ2) is 6.41. The van der Waals surface area contributed by atoms with Crippen molar-refractivity contribution in [2.75, 3.05) is 5.32 Å². The molecule has 1 unspecified atom stereocenters. The maximum Gasteiger partial charge on any atom is 0.412 e. The van der Waals surface area contributed by atoms with Gasteiger partial charge in [0.2, 0.25) is 0 Å². The van der Waals surface area contributed by atoms with E-state index in [4.69, 9.17) is 10.2 Å². The molecule has 0 aliphatic heterocycles. The summed E-state index contributed by atoms with van der Waals surface area (Å²) in [5.41, 5.74) is -0.335. The number of ether oxygens (including phenoxy) is 1. The third-order valence-corrected chi connectivity index (χ3v) is 2.37. The molecule has 0 fully saturated rings. The first-order valence-corrected chi connectivity index (χ1v) is 5.62. The lowest BCUT2D eigenvalue weighted by Crippen LogP contribution is -2.28. The third-order valence-electron chi connectivity index (χ3n) is 2.37. The van der Waals surface area contributed by atoms with Crippen molar-refractivity contribution in [3.63, 3.8) is 0 Å². The minimum Gasteiger partial charge on any atom is -0.507 e. The Hall–Kier alpha value is -2.77. The average Bonchev–Trinajstić information content (AvgIpc) is 2.37. The molecular weight excluding hydrogens is 270 g/mol. The van der Waals surface area contributed by atoms with Crippen LogP contribution in [0.15, 0.2) is 18.2 Å². The number of nitrogens with one attached hydrogen (secondary N) is 1. The number of amides is 1. The molecule has 8 heteroatoms. The zero-order chi connectivity index (χ0) is 15.3. The number of rotatable bonds is 5. The number of hydrogen-bond acceptors (Lipinski definition) is 5. The zero-order valence-electron chi connectivity index (χ0n) is 10.5. The molecule has 1 aromatic rings. The van der Waals surface area contributed by atoms with Gasteiger partial charge >= 0.3 is 18.0 Å². The van der Waals surface area contributed by atoms with Crippen LogP contribution in [0.5, 0.6) is 5.75 Å². The van der Waals surface area contributed by atoms with Crippen LogP contribution in [0.3, 0.4) is 0 Å². The largest absolute Gasteiger partial charge is 0.507 e. The highest BCUT2D eigenvalue weighted by molar-refractivity contribution is 5.94. The van der Waals surface area contributed by atoms with E-state index in [9.17, 15) is 19.5 Å². The minimum atomic E-state index is -1.36. The second-order valence-corrected chi connectivity index (χ2v) is 3.80. The number of benzene rings is 1. The molecule has 1 atom stereocenters. The van der Waals surface area contributed by atoms with Gasteiger partial charge in [0, 0.05) is 5.69 Å². The number of phenols is 1. The first kappa shape index (κ1) is 15.3. The fraction of sp³-hybridized carbons (Fsp3) is 0.250. The summed E-state index contributed by atoms with van der Waals surface area (Å²) in [6.07, 6.45) is -2.22. The Kier molecular flexibility index (Phi) is 4.90. The average molecular weight is 283 g/mol. The van der Waals surface area contributed by atoms with Crippen LogP contribution in [0.4, 0.5) is 10.5 Å². The van der Waals surface area contributed by atoms with Crippen molar-refractivity contribution in [2.24, 2.45) is 0 Å². The smallest absolute Gasteiger partial charge is 0.412 e. The number of carbonyl (C=O) groups is 3. The topological polar surface area (TPSA) is 133 Å². The van der Waals surface area contributed by atoms with Crippen molar-refractivity contribution in [1.29, 1.82) is 0 Å². The Morgan fingerprint density at radius 3 is 2.45 bits per heavy atom. The van der Waals surface area contributed by atoms with Crippen molar-refractivity contribution in [3.8, 4) is 5.75 Å². The molecule has 20 heavy (non-hydrogen) atoms. The number of hydrogen-bond donors (Lipinski definition) is 4. The van der Waals surface area contributed by atoms with Gasteiger partial charge in [-0.15, -0.1) is 0 Å². The molecule has 0 spiro atoms. The standard InChI is InChI=1S/C12H13NO7/c1-2-9(11(17)18)20-12(19)13-6-3-4-8(14)7(5-6)10(15)16/h3-5,9,14H,2H2,1H3,(H,13,19)(H,15,16)(H,17,18). The Balaban J connectivity index is 2.78. The fourth-order valence-electron chi connectivity index (χ4n) is 1.37. The number of aromatic hydroxyl groups is 1. The maximum absolute atomic E-state index is 11.4. The van der Waals surface area contributed by atoms with Crippen molar-refractivity contribution < 1.29 is 34.4 Å². The Morgan fingerprint density at radius 1 is 1.30 bits per heavy atom. The van der Waals surface area contributed by atoms with Gasteiger partial charge in [-0.3, -0.25) is 5.32 Å². The Labute approximate surface area is 113 Å². The van der Waals surface area contributed by atoms with Crippen LogP contribution < -0.4 is 5.32 Å². The maximum atomic E-state index is 11.4. The molecule has 0 aliphatic carbocycles. The summed E-state index contributed by atoms with van der Waals surface area (Å²) < 4.78 is 4.64. The molecule has 0 aliphatic rings. The summed E-state index contributed by atoms with van der Waals surface area (Å²) in [6, 6.07) is 3.37. The normalized spacial score (nSPS) is 11.4. The molecule has 108 valence electrons. The lowest BCUT2D eigenvalue weighted by atomic mass is 10.2. The van der Waals surface area contributed by atoms with E-state index in [1.54, 1.807) is 0 Å². The highest BCUT2D eigenvalue weighted by Gasteiger charge is 2.20. The highest BCUT2D eigenvalue weighted by Crippen LogP contribution is 2.21. The number of anilines is 1. The van der Waals surface area contributed by atoms with E-state index >= 15 is 0 Å². The lowest BCUT2D eigenvalue weighted by molar-refractivity contribution is -0.146. The first-order valence-electron chi connectivity index (χ1n) is 5.62. The Morgan fingerprint density at radius 2 is 1.95 bits per heavy atom. The summed E-state index contributed by atoms with van der Waals surface area (Å²) in [5, 5.41) is 29.0. The van der Waals surface area contributed by atoms with E-state index in [2.05, 4.69) is 10.1 Å². The van der Waals surface area contributed by atoms with Gasteiger partial charge in [0.25, 0.3) is 0 Å². The number of aliphatic carboxylic acids is 1. The molecule has 0 saturated heterocycles. The summed E-state index contributed by atoms with van der Waals surface area (Å²) >= 11 is 0. The predicted molar refractivity (Wildman–Crippen MR) is 66.9 cm³/mol. The SMILES string of the molecule is CCC(OC(=O)Nc1ccc(O)c(C(=O)O)c1)C(=O)O. The zero-order valence-corrected chi connectivity index (χ0v) is 10.5. The number of aromatic carboxylic acids is 1. The molecule has 0 radical (unpaired) electrons. The fourth-order valence-corrected chi connectivity index (χ4v) is 1.37. The molecule has 0 aromatic heterocycles. The molecule has 0 heterocycles. The van der Waals surface area contributed by atoms with Crippen LogP contribution in [0.2, 0.25) is 0 Å². The van der Waals surface area contributed by atoms with E-state index in [-0.39, 0.29) is 12.1 Å². The van der Waals surface area contributed by atoms with Gasteiger partial charge < -0.3 is 20.1 Å². The minimum absolute atomic E-state index is 0.0606. The van der Waals surface area contributed by atoms with Crippen LogP contribution in [0, 0.1) is 0 Å². The second-order valence-electron chi connectivity index (χ2n) is 3.80. The summed E-state index contributed by atoms with van der Waals surface area (Å²) in [5.74, 6) is -3.09. The first-order chi connectivity index (χ1) is 9.35. The molecule has 1 aromatic carbocycles. The van der Waals surface area contributed by atoms with Crippen LogP contribution in [0.25, 0.3) is 0 Å². The predicted octanol–water partition coefficient (Wildman–Crippen LogP) is 1.50. The van der Waals surface area contributed by atoms with Gasteiger partial charge in [0.15, 0.2) is 6.10 Å². The monoisotopic (exact) mass is 283 g/mol. The van der Waals surface area contributed by atoms with Crippen molar-refractivity contribution >= 4 is 23.7 Å². The number of carboxylic acid groups (broad SMARTS) is 2. The van der Waals surface area contributed by atoms with Crippen LogP contribution in [-0.4, -0.2) is 39.5 Å². The molecule has 1 amide bonds.